The molecule has 3 rings (SSSR count). The number of nitrogens with one attached hydrogen (secondary N) is 1. The minimum absolute atomic E-state index is 0.0564. The van der Waals surface area contributed by atoms with Crippen LogP contribution in [0.1, 0.15) is 15.9 Å². The first-order valence-corrected chi connectivity index (χ1v) is 10.1. The van der Waals surface area contributed by atoms with E-state index in [-0.39, 0.29) is 22.2 Å². The topological polar surface area (TPSA) is 102 Å². The highest BCUT2D eigenvalue weighted by atomic mass is 35.5. The summed E-state index contributed by atoms with van der Waals surface area (Å²) in [6, 6.07) is 21.4. The molecular formula is C23H20Cl2N2O4. The van der Waals surface area contributed by atoms with Gasteiger partial charge in [-0.3, -0.25) is 4.79 Å². The van der Waals surface area contributed by atoms with Gasteiger partial charge in [0.2, 0.25) is 0 Å². The number of ether oxygens (including phenoxy) is 1. The van der Waals surface area contributed by atoms with Crippen LogP contribution in [0.4, 0.5) is 0 Å². The van der Waals surface area contributed by atoms with Crippen LogP contribution < -0.4 is 11.1 Å². The zero-order valence-corrected chi connectivity index (χ0v) is 17.9. The Bertz CT molecular complexity index is 1050. The zero-order valence-electron chi connectivity index (χ0n) is 16.3. The van der Waals surface area contributed by atoms with E-state index in [2.05, 4.69) is 5.32 Å². The molecule has 0 radical (unpaired) electrons. The molecule has 1 amide bonds. The van der Waals surface area contributed by atoms with E-state index in [4.69, 9.17) is 33.7 Å². The van der Waals surface area contributed by atoms with Gasteiger partial charge in [-0.25, -0.2) is 4.79 Å². The number of nitrogens with two attached hydrogens (primary N) is 1. The van der Waals surface area contributed by atoms with Gasteiger partial charge < -0.3 is 20.9 Å². The van der Waals surface area contributed by atoms with Crippen molar-refractivity contribution in [1.29, 1.82) is 0 Å². The first-order chi connectivity index (χ1) is 14.8. The Morgan fingerprint density at radius 2 is 1.48 bits per heavy atom. The van der Waals surface area contributed by atoms with Crippen LogP contribution in [0.15, 0.2) is 72.8 Å². The van der Waals surface area contributed by atoms with Gasteiger partial charge in [-0.15, -0.1) is 0 Å². The summed E-state index contributed by atoms with van der Waals surface area (Å²) in [7, 11) is 0. The molecule has 4 N–H and O–H groups in total. The smallest absolute Gasteiger partial charge is 0.361 e. The first-order valence-electron chi connectivity index (χ1n) is 9.34. The highest BCUT2D eigenvalue weighted by Crippen LogP contribution is 2.32. The summed E-state index contributed by atoms with van der Waals surface area (Å²) in [4.78, 5) is 25.2. The van der Waals surface area contributed by atoms with Crippen molar-refractivity contribution in [3.63, 3.8) is 0 Å². The van der Waals surface area contributed by atoms with E-state index >= 15 is 0 Å². The summed E-state index contributed by atoms with van der Waals surface area (Å²) < 4.78 is 5.11. The summed E-state index contributed by atoms with van der Waals surface area (Å²) >= 11 is 12.6. The monoisotopic (exact) mass is 458 g/mol. The number of esters is 1. The summed E-state index contributed by atoms with van der Waals surface area (Å²) in [6.07, 6.45) is 0. The van der Waals surface area contributed by atoms with Crippen LogP contribution in [0.25, 0.3) is 11.1 Å². The molecule has 0 saturated heterocycles. The SMILES string of the molecule is NCC(O)(NC(=O)c1c(Cl)cc(-c2ccccc2)cc1Cl)C(=O)OCc1ccccc1. The molecule has 3 aromatic carbocycles. The molecule has 0 aliphatic heterocycles. The minimum atomic E-state index is -2.45. The van der Waals surface area contributed by atoms with Crippen LogP contribution in [0.2, 0.25) is 10.0 Å². The molecule has 0 bridgehead atoms. The predicted molar refractivity (Wildman–Crippen MR) is 120 cm³/mol. The fourth-order valence-electron chi connectivity index (χ4n) is 2.87. The average molecular weight is 459 g/mol. The first kappa shape index (κ1) is 22.8. The Labute approximate surface area is 189 Å². The van der Waals surface area contributed by atoms with E-state index in [1.54, 1.807) is 36.4 Å². The maximum atomic E-state index is 12.8. The number of aliphatic hydroxyl groups is 1. The molecule has 1 unspecified atom stereocenters. The second kappa shape index (κ2) is 9.94. The van der Waals surface area contributed by atoms with Crippen LogP contribution in [-0.4, -0.2) is 29.3 Å². The average Bonchev–Trinajstić information content (AvgIpc) is 2.78. The van der Waals surface area contributed by atoms with Crippen molar-refractivity contribution in [3.8, 4) is 11.1 Å². The lowest BCUT2D eigenvalue weighted by Crippen LogP contribution is -2.60. The van der Waals surface area contributed by atoms with Gasteiger partial charge in [0.15, 0.2) is 0 Å². The molecule has 3 aromatic rings. The van der Waals surface area contributed by atoms with Gasteiger partial charge in [-0.05, 0) is 28.8 Å². The van der Waals surface area contributed by atoms with Gasteiger partial charge in [0, 0.05) is 0 Å². The minimum Gasteiger partial charge on any atom is -0.457 e. The Morgan fingerprint density at radius 3 is 2.03 bits per heavy atom. The van der Waals surface area contributed by atoms with Crippen molar-refractivity contribution >= 4 is 35.1 Å². The lowest BCUT2D eigenvalue weighted by atomic mass is 10.0. The second-order valence-electron chi connectivity index (χ2n) is 6.76. The molecule has 31 heavy (non-hydrogen) atoms. The van der Waals surface area contributed by atoms with Gasteiger partial charge in [0.25, 0.3) is 11.6 Å². The van der Waals surface area contributed by atoms with Crippen molar-refractivity contribution in [2.75, 3.05) is 6.54 Å². The number of rotatable bonds is 7. The molecule has 160 valence electrons. The maximum absolute atomic E-state index is 12.8. The highest BCUT2D eigenvalue weighted by molar-refractivity contribution is 6.40. The zero-order chi connectivity index (χ0) is 22.4. The van der Waals surface area contributed by atoms with Crippen molar-refractivity contribution in [1.82, 2.24) is 5.32 Å². The van der Waals surface area contributed by atoms with Gasteiger partial charge >= 0.3 is 5.97 Å². The molecule has 0 spiro atoms. The normalized spacial score (nSPS) is 12.6. The predicted octanol–water partition coefficient (Wildman–Crippen LogP) is 3.78. The summed E-state index contributed by atoms with van der Waals surface area (Å²) in [5.41, 5.74) is 5.29. The molecular weight excluding hydrogens is 439 g/mol. The number of benzene rings is 3. The van der Waals surface area contributed by atoms with E-state index in [1.807, 2.05) is 36.4 Å². The van der Waals surface area contributed by atoms with E-state index in [9.17, 15) is 14.7 Å². The Kier molecular flexibility index (Phi) is 7.30. The molecule has 8 heteroatoms. The largest absolute Gasteiger partial charge is 0.457 e. The van der Waals surface area contributed by atoms with E-state index in [1.165, 1.54) is 0 Å². The number of hydrogen-bond acceptors (Lipinski definition) is 5. The number of halogens is 2. The molecule has 0 aromatic heterocycles. The Morgan fingerprint density at radius 1 is 0.935 bits per heavy atom. The van der Waals surface area contributed by atoms with E-state index in [0.29, 0.717) is 11.1 Å². The second-order valence-corrected chi connectivity index (χ2v) is 7.58. The number of carbonyl (C=O) groups is 2. The molecule has 1 atom stereocenters. The lowest BCUT2D eigenvalue weighted by molar-refractivity contribution is -0.168. The third kappa shape index (κ3) is 5.42. The molecule has 0 heterocycles. The fourth-order valence-corrected chi connectivity index (χ4v) is 3.52. The summed E-state index contributed by atoms with van der Waals surface area (Å²) in [5, 5.41) is 12.9. The molecule has 0 fully saturated rings. The van der Waals surface area contributed by atoms with Crippen molar-refractivity contribution < 1.29 is 19.4 Å². The standard InChI is InChI=1S/C23H20Cl2N2O4/c24-18-11-17(16-9-5-2-6-10-16)12-19(25)20(18)21(28)27-23(30,14-26)22(29)31-13-15-7-3-1-4-8-15/h1-12,30H,13-14,26H2,(H,27,28). The van der Waals surface area contributed by atoms with Crippen LogP contribution in [0, 0.1) is 0 Å². The van der Waals surface area contributed by atoms with Crippen LogP contribution in [-0.2, 0) is 16.1 Å². The van der Waals surface area contributed by atoms with Gasteiger partial charge in [0.1, 0.15) is 6.61 Å². The van der Waals surface area contributed by atoms with Crippen molar-refractivity contribution in [2.24, 2.45) is 5.73 Å². The third-order valence-corrected chi connectivity index (χ3v) is 5.14. The summed E-state index contributed by atoms with van der Waals surface area (Å²) in [5.74, 6) is -1.96. The molecule has 0 aliphatic carbocycles. The third-order valence-electron chi connectivity index (χ3n) is 4.54. The highest BCUT2D eigenvalue weighted by Gasteiger charge is 2.39. The molecule has 6 nitrogen and oxygen atoms in total. The van der Waals surface area contributed by atoms with Gasteiger partial charge in [-0.1, -0.05) is 83.9 Å². The van der Waals surface area contributed by atoms with E-state index in [0.717, 1.165) is 5.56 Å². The molecule has 0 saturated carbocycles. The summed E-state index contributed by atoms with van der Waals surface area (Å²) in [6.45, 7) is -0.700. The van der Waals surface area contributed by atoms with Crippen LogP contribution >= 0.6 is 23.2 Å². The van der Waals surface area contributed by atoms with E-state index < -0.39 is 24.1 Å². The van der Waals surface area contributed by atoms with Gasteiger partial charge in [-0.2, -0.15) is 0 Å². The van der Waals surface area contributed by atoms with Crippen molar-refractivity contribution in [3.05, 3.63) is 94.0 Å². The van der Waals surface area contributed by atoms with Crippen LogP contribution in [0.3, 0.4) is 0 Å². The molecule has 0 aliphatic rings. The quantitative estimate of drug-likeness (QED) is 0.369. The van der Waals surface area contributed by atoms with Crippen molar-refractivity contribution in [2.45, 2.75) is 12.3 Å². The van der Waals surface area contributed by atoms with Gasteiger partial charge in [0.05, 0.1) is 22.2 Å². The Hall–Kier alpha value is -2.90. The maximum Gasteiger partial charge on any atom is 0.361 e. The lowest BCUT2D eigenvalue weighted by Gasteiger charge is -2.26. The van der Waals surface area contributed by atoms with Crippen LogP contribution in [0.5, 0.6) is 0 Å². The number of amides is 1. The number of hydrogen-bond donors (Lipinski definition) is 3. The Balaban J connectivity index is 1.77. The number of carbonyl (C=O) groups excluding carboxylic acids is 2. The fraction of sp³-hybridized carbons (Fsp3) is 0.130.